The summed E-state index contributed by atoms with van der Waals surface area (Å²) in [6.45, 7) is 0.0158. The summed E-state index contributed by atoms with van der Waals surface area (Å²) >= 11 is 8.36. The van der Waals surface area contributed by atoms with Gasteiger partial charge in [0.1, 0.15) is 12.1 Å². The fraction of sp³-hybridized carbons (Fsp3) is 0.176. The van der Waals surface area contributed by atoms with Crippen molar-refractivity contribution in [2.45, 2.75) is 6.54 Å². The van der Waals surface area contributed by atoms with E-state index in [0.717, 1.165) is 15.4 Å². The van der Waals surface area contributed by atoms with Crippen LogP contribution in [-0.4, -0.2) is 46.5 Å². The van der Waals surface area contributed by atoms with E-state index in [9.17, 15) is 14.4 Å². The predicted molar refractivity (Wildman–Crippen MR) is 103 cm³/mol. The summed E-state index contributed by atoms with van der Waals surface area (Å²) in [4.78, 5) is 37.5. The first-order chi connectivity index (χ1) is 12.3. The number of aromatic nitrogens is 1. The maximum Gasteiger partial charge on any atom is 0.325 e. The van der Waals surface area contributed by atoms with E-state index in [1.54, 1.807) is 10.8 Å². The monoisotopic (exact) mass is 435 g/mol. The zero-order valence-electron chi connectivity index (χ0n) is 13.9. The smallest absolute Gasteiger partial charge is 0.325 e. The fourth-order valence-electron chi connectivity index (χ4n) is 2.65. The number of esters is 1. The molecule has 0 spiro atoms. The topological polar surface area (TPSA) is 80.6 Å². The Morgan fingerprint density at radius 3 is 2.81 bits per heavy atom. The normalized spacial score (nSPS) is 16.3. The number of thiocarbonyl (C=S) groups is 1. The van der Waals surface area contributed by atoms with E-state index in [2.05, 4.69) is 21.2 Å². The van der Waals surface area contributed by atoms with Gasteiger partial charge in [-0.25, -0.2) is 0 Å². The highest BCUT2D eigenvalue weighted by Crippen LogP contribution is 2.28. The second-order valence-corrected chi connectivity index (χ2v) is 6.93. The molecule has 2 amide bonds. The van der Waals surface area contributed by atoms with Gasteiger partial charge in [-0.15, -0.1) is 0 Å². The summed E-state index contributed by atoms with van der Waals surface area (Å²) in [5, 5.41) is 3.32. The summed E-state index contributed by atoms with van der Waals surface area (Å²) in [5.41, 5.74) is 1.38. The Hall–Kier alpha value is -2.52. The van der Waals surface area contributed by atoms with Crippen molar-refractivity contribution in [2.75, 3.05) is 14.2 Å². The number of nitrogens with one attached hydrogen (secondary N) is 1. The van der Waals surface area contributed by atoms with Gasteiger partial charge in [0.2, 0.25) is 0 Å². The second kappa shape index (κ2) is 7.00. The van der Waals surface area contributed by atoms with E-state index in [4.69, 9.17) is 17.0 Å². The van der Waals surface area contributed by atoms with Gasteiger partial charge in [-0.05, 0) is 36.5 Å². The quantitative estimate of drug-likeness (QED) is 0.344. The molecule has 134 valence electrons. The van der Waals surface area contributed by atoms with E-state index < -0.39 is 17.8 Å². The molecular weight excluding hydrogens is 422 g/mol. The highest BCUT2D eigenvalue weighted by Gasteiger charge is 2.31. The van der Waals surface area contributed by atoms with Gasteiger partial charge in [0, 0.05) is 34.2 Å². The van der Waals surface area contributed by atoms with Gasteiger partial charge < -0.3 is 9.30 Å². The third-order valence-electron chi connectivity index (χ3n) is 4.01. The van der Waals surface area contributed by atoms with Crippen molar-refractivity contribution in [1.82, 2.24) is 14.8 Å². The van der Waals surface area contributed by atoms with Crippen molar-refractivity contribution in [3.63, 3.8) is 0 Å². The number of benzene rings is 1. The number of methoxy groups -OCH3 is 1. The van der Waals surface area contributed by atoms with Gasteiger partial charge >= 0.3 is 5.97 Å². The first-order valence-corrected chi connectivity index (χ1v) is 8.72. The van der Waals surface area contributed by atoms with Crippen LogP contribution < -0.4 is 5.32 Å². The molecule has 26 heavy (non-hydrogen) atoms. The van der Waals surface area contributed by atoms with E-state index in [-0.39, 0.29) is 17.2 Å². The van der Waals surface area contributed by atoms with Crippen LogP contribution in [-0.2, 0) is 25.7 Å². The summed E-state index contributed by atoms with van der Waals surface area (Å²) in [5.74, 6) is -1.44. The predicted octanol–water partition coefficient (Wildman–Crippen LogP) is 1.83. The summed E-state index contributed by atoms with van der Waals surface area (Å²) in [7, 11) is 2.81. The van der Waals surface area contributed by atoms with Gasteiger partial charge in [0.15, 0.2) is 5.11 Å². The number of likely N-dealkylation sites (N-methyl/N-ethyl adjacent to an activating group) is 1. The zero-order valence-corrected chi connectivity index (χ0v) is 16.3. The van der Waals surface area contributed by atoms with Crippen molar-refractivity contribution in [2.24, 2.45) is 0 Å². The van der Waals surface area contributed by atoms with Crippen LogP contribution >= 0.6 is 28.1 Å². The minimum absolute atomic E-state index is 0.0158. The minimum atomic E-state index is -0.554. The maximum atomic E-state index is 12.4. The second-order valence-electron chi connectivity index (χ2n) is 5.63. The number of carbonyl (C=O) groups is 3. The first-order valence-electron chi connectivity index (χ1n) is 7.52. The number of hydrogen-bond donors (Lipinski definition) is 1. The number of carbonyl (C=O) groups excluding carboxylic acids is 3. The summed E-state index contributed by atoms with van der Waals surface area (Å²) in [6.07, 6.45) is 3.20. The lowest BCUT2D eigenvalue weighted by Gasteiger charge is -2.24. The van der Waals surface area contributed by atoms with E-state index in [1.165, 1.54) is 25.1 Å². The lowest BCUT2D eigenvalue weighted by atomic mass is 10.1. The molecule has 0 bridgehead atoms. The van der Waals surface area contributed by atoms with E-state index in [1.807, 2.05) is 18.2 Å². The van der Waals surface area contributed by atoms with Gasteiger partial charge in [0.05, 0.1) is 7.11 Å². The molecule has 0 atom stereocenters. The number of fused-ring (bicyclic) bond motifs is 1. The number of nitrogens with zero attached hydrogens (tertiary/aromatic N) is 2. The minimum Gasteiger partial charge on any atom is -0.468 e. The standard InChI is InChI=1S/C17H14BrN3O4S/c1-20-16(24)12(15(23)19-17(20)26)5-9-7-21(8-14(22)25-2)13-4-3-10(18)6-11(9)13/h3-7H,8H2,1-2H3,(H,19,23,26)/b12-5-. The number of hydrogen-bond acceptors (Lipinski definition) is 5. The fourth-order valence-corrected chi connectivity index (χ4v) is 3.18. The SMILES string of the molecule is COC(=O)Cn1cc(/C=C2/C(=O)NC(=S)N(C)C2=O)c2cc(Br)ccc21. The van der Waals surface area contributed by atoms with Gasteiger partial charge in [-0.1, -0.05) is 15.9 Å². The van der Waals surface area contributed by atoms with Crippen LogP contribution in [0.15, 0.2) is 34.4 Å². The molecule has 0 aliphatic carbocycles. The summed E-state index contributed by atoms with van der Waals surface area (Å²) in [6, 6.07) is 5.54. The lowest BCUT2D eigenvalue weighted by Crippen LogP contribution is -2.52. The molecule has 1 aromatic carbocycles. The van der Waals surface area contributed by atoms with Crippen molar-refractivity contribution >= 4 is 68.0 Å². The van der Waals surface area contributed by atoms with Gasteiger partial charge in [0.25, 0.3) is 11.8 Å². The molecule has 3 rings (SSSR count). The van der Waals surface area contributed by atoms with Gasteiger partial charge in [-0.3, -0.25) is 24.6 Å². The Balaban J connectivity index is 2.14. The van der Waals surface area contributed by atoms with Gasteiger partial charge in [-0.2, -0.15) is 0 Å². The summed E-state index contributed by atoms with van der Waals surface area (Å²) < 4.78 is 7.26. The largest absolute Gasteiger partial charge is 0.468 e. The number of amides is 2. The van der Waals surface area contributed by atoms with Crippen LogP contribution in [0.1, 0.15) is 5.56 Å². The van der Waals surface area contributed by atoms with E-state index >= 15 is 0 Å². The molecule has 0 unspecified atom stereocenters. The molecule has 7 nitrogen and oxygen atoms in total. The average molecular weight is 436 g/mol. The first kappa shape index (κ1) is 18.3. The Bertz CT molecular complexity index is 995. The third kappa shape index (κ3) is 3.27. The number of rotatable bonds is 3. The molecule has 2 heterocycles. The Labute approximate surface area is 162 Å². The number of ether oxygens (including phenoxy) is 1. The molecule has 1 saturated heterocycles. The molecule has 1 aliphatic rings. The number of halogens is 1. The Kier molecular flexibility index (Phi) is 4.92. The highest BCUT2D eigenvalue weighted by molar-refractivity contribution is 9.10. The maximum absolute atomic E-state index is 12.4. The Morgan fingerprint density at radius 1 is 1.38 bits per heavy atom. The van der Waals surface area contributed by atoms with Crippen LogP contribution in [0.2, 0.25) is 0 Å². The molecule has 9 heteroatoms. The lowest BCUT2D eigenvalue weighted by molar-refractivity contribution is -0.141. The molecule has 1 aromatic heterocycles. The molecular formula is C17H14BrN3O4S. The molecule has 2 aromatic rings. The highest BCUT2D eigenvalue weighted by atomic mass is 79.9. The van der Waals surface area contributed by atoms with Crippen molar-refractivity contribution < 1.29 is 19.1 Å². The zero-order chi connectivity index (χ0) is 19.0. The molecule has 1 aliphatic heterocycles. The molecule has 0 radical (unpaired) electrons. The van der Waals surface area contributed by atoms with Crippen LogP contribution in [0.4, 0.5) is 0 Å². The van der Waals surface area contributed by atoms with E-state index in [0.29, 0.717) is 5.56 Å². The van der Waals surface area contributed by atoms with Crippen molar-refractivity contribution in [3.8, 4) is 0 Å². The average Bonchev–Trinajstić information content (AvgIpc) is 2.93. The third-order valence-corrected chi connectivity index (χ3v) is 4.87. The van der Waals surface area contributed by atoms with Crippen LogP contribution in [0.25, 0.3) is 17.0 Å². The Morgan fingerprint density at radius 2 is 2.12 bits per heavy atom. The van der Waals surface area contributed by atoms with Crippen LogP contribution in [0, 0.1) is 0 Å². The van der Waals surface area contributed by atoms with Crippen LogP contribution in [0.5, 0.6) is 0 Å². The van der Waals surface area contributed by atoms with Crippen LogP contribution in [0.3, 0.4) is 0 Å². The van der Waals surface area contributed by atoms with Crippen molar-refractivity contribution in [3.05, 3.63) is 40.0 Å². The van der Waals surface area contributed by atoms with Crippen molar-refractivity contribution in [1.29, 1.82) is 0 Å². The molecule has 1 fully saturated rings. The molecule has 1 N–H and O–H groups in total. The molecule has 0 saturated carbocycles.